The fourth-order valence-electron chi connectivity index (χ4n) is 2.85. The Hall–Kier alpha value is -2.46. The lowest BCUT2D eigenvalue weighted by molar-refractivity contribution is -0.138. The molecule has 0 bridgehead atoms. The highest BCUT2D eigenvalue weighted by molar-refractivity contribution is 6.35. The molecule has 0 saturated carbocycles. The third kappa shape index (κ3) is 4.34. The molecule has 160 valence electrons. The summed E-state index contributed by atoms with van der Waals surface area (Å²) in [6, 6.07) is 4.56. The number of amides is 2. The van der Waals surface area contributed by atoms with Crippen LogP contribution >= 0.6 is 23.2 Å². The van der Waals surface area contributed by atoms with Gasteiger partial charge in [-0.25, -0.2) is 0 Å². The van der Waals surface area contributed by atoms with Gasteiger partial charge in [0.1, 0.15) is 13.1 Å². The first-order chi connectivity index (χ1) is 13.8. The molecule has 0 N–H and O–H groups in total. The van der Waals surface area contributed by atoms with Gasteiger partial charge in [-0.15, -0.1) is 0 Å². The predicted molar refractivity (Wildman–Crippen MR) is 97.6 cm³/mol. The number of hydrogen-bond donors (Lipinski definition) is 0. The third-order valence-corrected chi connectivity index (χ3v) is 4.96. The highest BCUT2D eigenvalue weighted by atomic mass is 35.5. The van der Waals surface area contributed by atoms with Crippen molar-refractivity contribution in [2.45, 2.75) is 12.4 Å². The number of benzene rings is 2. The van der Waals surface area contributed by atoms with Gasteiger partial charge in [-0.3, -0.25) is 19.4 Å². The summed E-state index contributed by atoms with van der Waals surface area (Å²) >= 11 is 11.8. The van der Waals surface area contributed by atoms with Crippen LogP contribution in [-0.2, 0) is 21.9 Å². The topological polar surface area (TPSA) is 40.6 Å². The highest BCUT2D eigenvalue weighted by Crippen LogP contribution is 2.38. The Morgan fingerprint density at radius 2 is 1.00 bits per heavy atom. The number of piperazine rings is 1. The van der Waals surface area contributed by atoms with Crippen LogP contribution in [-0.4, -0.2) is 24.9 Å². The van der Waals surface area contributed by atoms with E-state index in [1.807, 2.05) is 0 Å². The largest absolute Gasteiger partial charge is 0.416 e. The Kier molecular flexibility index (Phi) is 5.68. The second-order valence-electron chi connectivity index (χ2n) is 6.29. The molecule has 30 heavy (non-hydrogen) atoms. The molecular weight excluding hydrogens is 461 g/mol. The molecule has 0 radical (unpaired) electrons. The zero-order valence-corrected chi connectivity index (χ0v) is 16.1. The SMILES string of the molecule is O=C1CN(c2cc(C(F)(F)F)ccc2Cl)C(=O)CN1c1cc(C(F)(F)F)ccc1Cl. The van der Waals surface area contributed by atoms with Crippen molar-refractivity contribution in [3.05, 3.63) is 57.6 Å². The smallest absolute Gasteiger partial charge is 0.300 e. The first-order valence-electron chi connectivity index (χ1n) is 8.13. The number of nitrogens with zero attached hydrogens (tertiary/aromatic N) is 2. The van der Waals surface area contributed by atoms with Crippen LogP contribution in [0.3, 0.4) is 0 Å². The van der Waals surface area contributed by atoms with E-state index in [1.54, 1.807) is 0 Å². The molecule has 1 heterocycles. The summed E-state index contributed by atoms with van der Waals surface area (Å²) in [6.07, 6.45) is -9.42. The number of hydrogen-bond acceptors (Lipinski definition) is 2. The quantitative estimate of drug-likeness (QED) is 0.550. The minimum atomic E-state index is -4.71. The van der Waals surface area contributed by atoms with Crippen LogP contribution in [0.25, 0.3) is 0 Å². The molecule has 0 unspecified atom stereocenters. The van der Waals surface area contributed by atoms with Crippen LogP contribution in [0.1, 0.15) is 11.1 Å². The van der Waals surface area contributed by atoms with E-state index >= 15 is 0 Å². The van der Waals surface area contributed by atoms with Crippen molar-refractivity contribution < 1.29 is 35.9 Å². The molecule has 0 atom stereocenters. The molecule has 0 aliphatic carbocycles. The minimum absolute atomic E-state index is 0.199. The van der Waals surface area contributed by atoms with Crippen LogP contribution in [0.2, 0.25) is 10.0 Å². The summed E-state index contributed by atoms with van der Waals surface area (Å²) in [6.45, 7) is -1.46. The predicted octanol–water partition coefficient (Wildman–Crippen LogP) is 5.41. The average Bonchev–Trinajstić information content (AvgIpc) is 2.62. The number of carbonyl (C=O) groups excluding carboxylic acids is 2. The van der Waals surface area contributed by atoms with Crippen molar-refractivity contribution in [1.29, 1.82) is 0 Å². The summed E-state index contributed by atoms with van der Waals surface area (Å²) < 4.78 is 77.8. The van der Waals surface area contributed by atoms with E-state index in [0.29, 0.717) is 12.1 Å². The maximum Gasteiger partial charge on any atom is 0.416 e. The van der Waals surface area contributed by atoms with E-state index in [0.717, 1.165) is 34.1 Å². The van der Waals surface area contributed by atoms with Gasteiger partial charge in [0.25, 0.3) is 0 Å². The second kappa shape index (κ2) is 7.66. The lowest BCUT2D eigenvalue weighted by Crippen LogP contribution is -2.54. The monoisotopic (exact) mass is 470 g/mol. The Balaban J connectivity index is 1.94. The normalized spacial score (nSPS) is 15.7. The average molecular weight is 471 g/mol. The zero-order chi connectivity index (χ0) is 22.4. The fourth-order valence-corrected chi connectivity index (χ4v) is 3.29. The Bertz CT molecular complexity index is 941. The molecule has 3 rings (SSSR count). The van der Waals surface area contributed by atoms with E-state index in [9.17, 15) is 35.9 Å². The van der Waals surface area contributed by atoms with Gasteiger partial charge in [-0.1, -0.05) is 23.2 Å². The second-order valence-corrected chi connectivity index (χ2v) is 7.10. The molecule has 1 aliphatic heterocycles. The van der Waals surface area contributed by atoms with Gasteiger partial charge >= 0.3 is 12.4 Å². The minimum Gasteiger partial charge on any atom is -0.300 e. The number of alkyl halides is 6. The Morgan fingerprint density at radius 3 is 1.30 bits per heavy atom. The fraction of sp³-hybridized carbons (Fsp3) is 0.222. The van der Waals surface area contributed by atoms with Crippen LogP contribution in [0.5, 0.6) is 0 Å². The van der Waals surface area contributed by atoms with E-state index in [-0.39, 0.29) is 21.4 Å². The number of anilines is 2. The molecule has 4 nitrogen and oxygen atoms in total. The van der Waals surface area contributed by atoms with Crippen molar-refractivity contribution in [2.24, 2.45) is 0 Å². The molecule has 0 spiro atoms. The van der Waals surface area contributed by atoms with Crippen LogP contribution in [0, 0.1) is 0 Å². The van der Waals surface area contributed by atoms with Gasteiger partial charge in [0.2, 0.25) is 11.8 Å². The van der Waals surface area contributed by atoms with Crippen LogP contribution < -0.4 is 9.80 Å². The Labute approximate surface area is 175 Å². The molecular formula is C18H10Cl2F6N2O2. The number of halogens is 8. The maximum atomic E-state index is 13.0. The summed E-state index contributed by atoms with van der Waals surface area (Å²) in [5.41, 5.74) is -2.82. The first-order valence-corrected chi connectivity index (χ1v) is 8.89. The standard InChI is InChI=1S/C18H10Cl2F6N2O2/c19-11-3-1-9(17(21,22)23)5-13(11)27-7-16(30)28(8-15(27)29)14-6-10(18(24,25)26)2-4-12(14)20/h1-6H,7-8H2. The number of carbonyl (C=O) groups is 2. The molecule has 2 aromatic carbocycles. The molecule has 1 aliphatic rings. The molecule has 2 aromatic rings. The van der Waals surface area contributed by atoms with E-state index in [1.165, 1.54) is 0 Å². The third-order valence-electron chi connectivity index (χ3n) is 4.32. The van der Waals surface area contributed by atoms with Crippen molar-refractivity contribution in [3.8, 4) is 0 Å². The molecule has 0 aromatic heterocycles. The molecule has 2 amide bonds. The first kappa shape index (κ1) is 22.2. The van der Waals surface area contributed by atoms with E-state index < -0.39 is 48.4 Å². The van der Waals surface area contributed by atoms with Gasteiger partial charge in [0.15, 0.2) is 0 Å². The van der Waals surface area contributed by atoms with Crippen molar-refractivity contribution in [3.63, 3.8) is 0 Å². The summed E-state index contributed by atoms with van der Waals surface area (Å²) in [4.78, 5) is 26.6. The van der Waals surface area contributed by atoms with Gasteiger partial charge in [0.05, 0.1) is 32.5 Å². The molecule has 1 fully saturated rings. The van der Waals surface area contributed by atoms with E-state index in [2.05, 4.69) is 0 Å². The van der Waals surface area contributed by atoms with Crippen molar-refractivity contribution in [2.75, 3.05) is 22.9 Å². The van der Waals surface area contributed by atoms with Crippen molar-refractivity contribution in [1.82, 2.24) is 0 Å². The maximum absolute atomic E-state index is 13.0. The van der Waals surface area contributed by atoms with Gasteiger partial charge in [-0.05, 0) is 36.4 Å². The van der Waals surface area contributed by atoms with Gasteiger partial charge in [-0.2, -0.15) is 26.3 Å². The van der Waals surface area contributed by atoms with E-state index in [4.69, 9.17) is 23.2 Å². The Morgan fingerprint density at radius 1 is 0.667 bits per heavy atom. The summed E-state index contributed by atoms with van der Waals surface area (Å²) in [5.74, 6) is -1.69. The van der Waals surface area contributed by atoms with Gasteiger partial charge < -0.3 is 0 Å². The zero-order valence-electron chi connectivity index (χ0n) is 14.6. The summed E-state index contributed by atoms with van der Waals surface area (Å²) in [5, 5.41) is -0.399. The lowest BCUT2D eigenvalue weighted by atomic mass is 10.1. The van der Waals surface area contributed by atoms with Crippen LogP contribution in [0.15, 0.2) is 36.4 Å². The summed E-state index contributed by atoms with van der Waals surface area (Å²) in [7, 11) is 0. The number of rotatable bonds is 2. The van der Waals surface area contributed by atoms with Crippen molar-refractivity contribution >= 4 is 46.4 Å². The van der Waals surface area contributed by atoms with Crippen LogP contribution in [0.4, 0.5) is 37.7 Å². The highest BCUT2D eigenvalue weighted by Gasteiger charge is 2.37. The molecule has 12 heteroatoms. The lowest BCUT2D eigenvalue weighted by Gasteiger charge is -2.35. The van der Waals surface area contributed by atoms with Gasteiger partial charge in [0, 0.05) is 0 Å². The molecule has 1 saturated heterocycles.